The van der Waals surface area contributed by atoms with Gasteiger partial charge in [-0.3, -0.25) is 19.4 Å². The largest absolute Gasteiger partial charge is 0.465 e. The van der Waals surface area contributed by atoms with Crippen LogP contribution in [0.5, 0.6) is 0 Å². The van der Waals surface area contributed by atoms with E-state index < -0.39 is 0 Å². The smallest absolute Gasteiger partial charge is 0.320 e. The number of carbonyl (C=O) groups is 2. The highest BCUT2D eigenvalue weighted by Gasteiger charge is 2.21. The molecule has 0 atom stereocenters. The van der Waals surface area contributed by atoms with Crippen molar-refractivity contribution in [1.29, 1.82) is 0 Å². The highest BCUT2D eigenvalue weighted by atomic mass is 16.5. The molecule has 1 saturated heterocycles. The number of hydrogen-bond donors (Lipinski definition) is 0. The molecule has 0 bridgehead atoms. The third-order valence-electron chi connectivity index (χ3n) is 2.78. The molecule has 0 unspecified atom stereocenters. The molecule has 0 spiro atoms. The summed E-state index contributed by atoms with van der Waals surface area (Å²) in [6.45, 7) is 8.21. The summed E-state index contributed by atoms with van der Waals surface area (Å²) in [5.41, 5.74) is 0. The fourth-order valence-electron chi connectivity index (χ4n) is 1.88. The zero-order chi connectivity index (χ0) is 13.4. The van der Waals surface area contributed by atoms with Gasteiger partial charge in [0.05, 0.1) is 26.3 Å². The molecule has 18 heavy (non-hydrogen) atoms. The Morgan fingerprint density at radius 3 is 1.44 bits per heavy atom. The van der Waals surface area contributed by atoms with Crippen molar-refractivity contribution in [2.24, 2.45) is 0 Å². The molecular weight excluding hydrogens is 236 g/mol. The average molecular weight is 258 g/mol. The van der Waals surface area contributed by atoms with E-state index in [0.29, 0.717) is 26.3 Å². The van der Waals surface area contributed by atoms with E-state index in [1.54, 1.807) is 13.8 Å². The molecule has 1 aliphatic heterocycles. The van der Waals surface area contributed by atoms with E-state index in [2.05, 4.69) is 0 Å². The fourth-order valence-corrected chi connectivity index (χ4v) is 1.88. The predicted octanol–water partition coefficient (Wildman–Crippen LogP) is -0.270. The first kappa shape index (κ1) is 14.9. The minimum absolute atomic E-state index is 0.184. The van der Waals surface area contributed by atoms with E-state index in [1.807, 2.05) is 9.80 Å². The van der Waals surface area contributed by atoms with Gasteiger partial charge in [0, 0.05) is 26.2 Å². The van der Waals surface area contributed by atoms with Gasteiger partial charge in [-0.2, -0.15) is 0 Å². The lowest BCUT2D eigenvalue weighted by molar-refractivity contribution is -0.147. The Morgan fingerprint density at radius 2 is 1.17 bits per heavy atom. The van der Waals surface area contributed by atoms with E-state index in [-0.39, 0.29) is 11.9 Å². The van der Waals surface area contributed by atoms with Crippen molar-refractivity contribution in [1.82, 2.24) is 9.80 Å². The normalized spacial score (nSPS) is 17.4. The highest BCUT2D eigenvalue weighted by molar-refractivity contribution is 5.72. The highest BCUT2D eigenvalue weighted by Crippen LogP contribution is 2.02. The van der Waals surface area contributed by atoms with Crippen LogP contribution in [0.2, 0.25) is 0 Å². The SMILES string of the molecule is CCOC(=O)CN1CCN(CC(=O)OCC)CC1. The molecule has 0 aliphatic carbocycles. The van der Waals surface area contributed by atoms with Gasteiger partial charge in [-0.25, -0.2) is 0 Å². The Bertz CT molecular complexity index is 247. The van der Waals surface area contributed by atoms with Gasteiger partial charge in [0.25, 0.3) is 0 Å². The third kappa shape index (κ3) is 5.46. The molecule has 0 saturated carbocycles. The van der Waals surface area contributed by atoms with Crippen LogP contribution in [0.1, 0.15) is 13.8 Å². The molecular formula is C12H22N2O4. The van der Waals surface area contributed by atoms with Gasteiger partial charge in [-0.05, 0) is 13.8 Å². The van der Waals surface area contributed by atoms with Crippen molar-refractivity contribution in [2.45, 2.75) is 13.8 Å². The van der Waals surface area contributed by atoms with Crippen LogP contribution < -0.4 is 0 Å². The van der Waals surface area contributed by atoms with Crippen molar-refractivity contribution in [3.63, 3.8) is 0 Å². The van der Waals surface area contributed by atoms with Crippen molar-refractivity contribution < 1.29 is 19.1 Å². The number of esters is 2. The van der Waals surface area contributed by atoms with Crippen molar-refractivity contribution >= 4 is 11.9 Å². The summed E-state index contributed by atoms with van der Waals surface area (Å²) in [5.74, 6) is -0.368. The van der Waals surface area contributed by atoms with Gasteiger partial charge in [-0.15, -0.1) is 0 Å². The first-order valence-corrected chi connectivity index (χ1v) is 6.41. The van der Waals surface area contributed by atoms with Crippen LogP contribution in [0, 0.1) is 0 Å². The number of hydrogen-bond acceptors (Lipinski definition) is 6. The summed E-state index contributed by atoms with van der Waals surface area (Å²) in [7, 11) is 0. The topological polar surface area (TPSA) is 59.1 Å². The molecule has 1 fully saturated rings. The van der Waals surface area contributed by atoms with Crippen LogP contribution in [0.25, 0.3) is 0 Å². The summed E-state index contributed by atoms with van der Waals surface area (Å²) in [5, 5.41) is 0. The minimum Gasteiger partial charge on any atom is -0.465 e. The van der Waals surface area contributed by atoms with Gasteiger partial charge in [0.15, 0.2) is 0 Å². The second kappa shape index (κ2) is 8.05. The van der Waals surface area contributed by atoms with Crippen molar-refractivity contribution in [3.8, 4) is 0 Å². The average Bonchev–Trinajstić information content (AvgIpc) is 2.32. The van der Waals surface area contributed by atoms with Gasteiger partial charge in [0.1, 0.15) is 0 Å². The summed E-state index contributed by atoms with van der Waals surface area (Å²) in [4.78, 5) is 26.7. The molecule has 0 aromatic rings. The van der Waals surface area contributed by atoms with Gasteiger partial charge < -0.3 is 9.47 Å². The van der Waals surface area contributed by atoms with Crippen molar-refractivity contribution in [2.75, 3.05) is 52.5 Å². The number of ether oxygens (including phenoxy) is 2. The van der Waals surface area contributed by atoms with Crippen LogP contribution >= 0.6 is 0 Å². The minimum atomic E-state index is -0.184. The lowest BCUT2D eigenvalue weighted by Crippen LogP contribution is -2.49. The van der Waals surface area contributed by atoms with E-state index in [4.69, 9.17) is 9.47 Å². The monoisotopic (exact) mass is 258 g/mol. The van der Waals surface area contributed by atoms with Gasteiger partial charge >= 0.3 is 11.9 Å². The zero-order valence-corrected chi connectivity index (χ0v) is 11.2. The van der Waals surface area contributed by atoms with E-state index in [0.717, 1.165) is 26.2 Å². The molecule has 0 N–H and O–H groups in total. The molecule has 6 nitrogen and oxygen atoms in total. The molecule has 0 amide bonds. The first-order valence-electron chi connectivity index (χ1n) is 6.41. The van der Waals surface area contributed by atoms with Gasteiger partial charge in [0.2, 0.25) is 0 Å². The first-order chi connectivity index (χ1) is 8.65. The fraction of sp³-hybridized carbons (Fsp3) is 0.833. The summed E-state index contributed by atoms with van der Waals surface area (Å²) < 4.78 is 9.80. The lowest BCUT2D eigenvalue weighted by atomic mass is 10.3. The number of carbonyl (C=O) groups excluding carboxylic acids is 2. The van der Waals surface area contributed by atoms with E-state index in [9.17, 15) is 9.59 Å². The third-order valence-corrected chi connectivity index (χ3v) is 2.78. The van der Waals surface area contributed by atoms with Crippen LogP contribution in [0.4, 0.5) is 0 Å². The van der Waals surface area contributed by atoms with E-state index >= 15 is 0 Å². The Morgan fingerprint density at radius 1 is 0.833 bits per heavy atom. The van der Waals surface area contributed by atoms with Crippen LogP contribution in [0.3, 0.4) is 0 Å². The molecule has 104 valence electrons. The second-order valence-electron chi connectivity index (χ2n) is 4.16. The maximum atomic E-state index is 11.3. The lowest BCUT2D eigenvalue weighted by Gasteiger charge is -2.33. The summed E-state index contributed by atoms with van der Waals surface area (Å²) in [6, 6.07) is 0. The molecule has 0 aromatic heterocycles. The molecule has 1 rings (SSSR count). The second-order valence-corrected chi connectivity index (χ2v) is 4.16. The summed E-state index contributed by atoms with van der Waals surface area (Å²) >= 11 is 0. The number of rotatable bonds is 6. The van der Waals surface area contributed by atoms with Crippen LogP contribution in [-0.2, 0) is 19.1 Å². The van der Waals surface area contributed by atoms with Gasteiger partial charge in [-0.1, -0.05) is 0 Å². The maximum Gasteiger partial charge on any atom is 0.320 e. The molecule has 6 heteroatoms. The number of piperazine rings is 1. The van der Waals surface area contributed by atoms with E-state index in [1.165, 1.54) is 0 Å². The Hall–Kier alpha value is -1.14. The zero-order valence-electron chi connectivity index (χ0n) is 11.2. The quantitative estimate of drug-likeness (QED) is 0.611. The van der Waals surface area contributed by atoms with Crippen molar-refractivity contribution in [3.05, 3.63) is 0 Å². The maximum absolute atomic E-state index is 11.3. The summed E-state index contributed by atoms with van der Waals surface area (Å²) in [6.07, 6.45) is 0. The Balaban J connectivity index is 2.20. The Kier molecular flexibility index (Phi) is 6.67. The molecule has 1 aliphatic rings. The Labute approximate surface area is 108 Å². The molecule has 0 radical (unpaired) electrons. The van der Waals surface area contributed by atoms with Crippen LogP contribution in [-0.4, -0.2) is 74.2 Å². The molecule has 1 heterocycles. The van der Waals surface area contributed by atoms with Crippen LogP contribution in [0.15, 0.2) is 0 Å². The molecule has 0 aromatic carbocycles. The number of nitrogens with zero attached hydrogens (tertiary/aromatic N) is 2. The standard InChI is InChI=1S/C12H22N2O4/c1-3-17-11(15)9-13-5-7-14(8-6-13)10-12(16)18-4-2/h3-10H2,1-2H3. The predicted molar refractivity (Wildman–Crippen MR) is 66.1 cm³/mol.